The summed E-state index contributed by atoms with van der Waals surface area (Å²) in [6.07, 6.45) is 0.911. The van der Waals surface area contributed by atoms with Crippen molar-refractivity contribution in [3.63, 3.8) is 0 Å². The Bertz CT molecular complexity index is 630. The molecule has 1 unspecified atom stereocenters. The lowest BCUT2D eigenvalue weighted by atomic mass is 10.2. The molecule has 0 heterocycles. The van der Waals surface area contributed by atoms with Gasteiger partial charge in [0.15, 0.2) is 0 Å². The standard InChI is InChI=1S/C15H25N3O4S/c1-4-15(19)17-10-12-9-13(5-6-14(12)22-3)23(20,21)18-8-7-11(2)16/h5-6,9,11,18H,4,7-8,10,16H2,1-3H3,(H,17,19). The minimum absolute atomic E-state index is 0.0756. The summed E-state index contributed by atoms with van der Waals surface area (Å²) < 4.78 is 32.3. The van der Waals surface area contributed by atoms with E-state index < -0.39 is 10.0 Å². The second-order valence-electron chi connectivity index (χ2n) is 5.27. The van der Waals surface area contributed by atoms with Crippen LogP contribution in [0.5, 0.6) is 5.75 Å². The van der Waals surface area contributed by atoms with E-state index in [1.54, 1.807) is 13.0 Å². The Balaban J connectivity index is 2.92. The number of amides is 1. The predicted molar refractivity (Wildman–Crippen MR) is 88.6 cm³/mol. The van der Waals surface area contributed by atoms with E-state index in [0.29, 0.717) is 24.2 Å². The number of rotatable bonds is 9. The van der Waals surface area contributed by atoms with Crippen molar-refractivity contribution in [3.05, 3.63) is 23.8 Å². The van der Waals surface area contributed by atoms with Crippen molar-refractivity contribution in [2.24, 2.45) is 5.73 Å². The molecule has 0 saturated carbocycles. The number of carbonyl (C=O) groups is 1. The van der Waals surface area contributed by atoms with Gasteiger partial charge in [0, 0.05) is 31.1 Å². The van der Waals surface area contributed by atoms with Gasteiger partial charge in [-0.2, -0.15) is 0 Å². The Morgan fingerprint density at radius 2 is 2.09 bits per heavy atom. The third-order valence-corrected chi connectivity index (χ3v) is 4.71. The zero-order valence-corrected chi connectivity index (χ0v) is 14.6. The van der Waals surface area contributed by atoms with Gasteiger partial charge in [0.1, 0.15) is 5.75 Å². The van der Waals surface area contributed by atoms with E-state index in [9.17, 15) is 13.2 Å². The largest absolute Gasteiger partial charge is 0.496 e. The molecule has 1 rings (SSSR count). The highest BCUT2D eigenvalue weighted by Crippen LogP contribution is 2.22. The molecule has 8 heteroatoms. The monoisotopic (exact) mass is 343 g/mol. The lowest BCUT2D eigenvalue weighted by Gasteiger charge is -2.13. The highest BCUT2D eigenvalue weighted by Gasteiger charge is 2.16. The Morgan fingerprint density at radius 1 is 1.39 bits per heavy atom. The fourth-order valence-corrected chi connectivity index (χ4v) is 2.98. The average Bonchev–Trinajstić information content (AvgIpc) is 2.51. The molecule has 1 aromatic rings. The average molecular weight is 343 g/mol. The molecule has 1 amide bonds. The zero-order valence-electron chi connectivity index (χ0n) is 13.8. The molecule has 0 aliphatic rings. The molecule has 23 heavy (non-hydrogen) atoms. The van der Waals surface area contributed by atoms with Gasteiger partial charge in [0.05, 0.1) is 12.0 Å². The summed E-state index contributed by atoms with van der Waals surface area (Å²) in [6, 6.07) is 4.47. The van der Waals surface area contributed by atoms with E-state index in [0.717, 1.165) is 0 Å². The summed E-state index contributed by atoms with van der Waals surface area (Å²) in [7, 11) is -2.13. The molecule has 1 aromatic carbocycles. The first-order chi connectivity index (χ1) is 10.8. The van der Waals surface area contributed by atoms with E-state index >= 15 is 0 Å². The molecular weight excluding hydrogens is 318 g/mol. The van der Waals surface area contributed by atoms with Gasteiger partial charge < -0.3 is 15.8 Å². The number of benzene rings is 1. The maximum atomic E-state index is 12.3. The highest BCUT2D eigenvalue weighted by molar-refractivity contribution is 7.89. The minimum Gasteiger partial charge on any atom is -0.496 e. The molecular formula is C15H25N3O4S. The van der Waals surface area contributed by atoms with Crippen LogP contribution in [0.25, 0.3) is 0 Å². The second-order valence-corrected chi connectivity index (χ2v) is 7.03. The summed E-state index contributed by atoms with van der Waals surface area (Å²) in [4.78, 5) is 11.5. The lowest BCUT2D eigenvalue weighted by Crippen LogP contribution is -2.29. The zero-order chi connectivity index (χ0) is 17.5. The van der Waals surface area contributed by atoms with E-state index in [1.165, 1.54) is 19.2 Å². The summed E-state index contributed by atoms with van der Waals surface area (Å²) in [5, 5.41) is 2.71. The fourth-order valence-electron chi connectivity index (χ4n) is 1.88. The molecule has 0 saturated heterocycles. The number of methoxy groups -OCH3 is 1. The van der Waals surface area contributed by atoms with Gasteiger partial charge in [0.25, 0.3) is 0 Å². The summed E-state index contributed by atoms with van der Waals surface area (Å²) in [5.41, 5.74) is 6.21. The van der Waals surface area contributed by atoms with Gasteiger partial charge in [-0.1, -0.05) is 6.92 Å². The SMILES string of the molecule is CCC(=O)NCc1cc(S(=O)(=O)NCCC(C)N)ccc1OC. The number of sulfonamides is 1. The van der Waals surface area contributed by atoms with E-state index in [2.05, 4.69) is 10.0 Å². The van der Waals surface area contributed by atoms with Gasteiger partial charge in [0.2, 0.25) is 15.9 Å². The third kappa shape index (κ3) is 6.17. The number of hydrogen-bond donors (Lipinski definition) is 3. The van der Waals surface area contributed by atoms with Crippen molar-refractivity contribution >= 4 is 15.9 Å². The molecule has 0 aliphatic heterocycles. The number of ether oxygens (including phenoxy) is 1. The first-order valence-electron chi connectivity index (χ1n) is 7.49. The molecule has 7 nitrogen and oxygen atoms in total. The molecule has 130 valence electrons. The molecule has 0 aliphatic carbocycles. The summed E-state index contributed by atoms with van der Waals surface area (Å²) >= 11 is 0. The van der Waals surface area contributed by atoms with E-state index in [1.807, 2.05) is 6.92 Å². The third-order valence-electron chi connectivity index (χ3n) is 3.25. The van der Waals surface area contributed by atoms with Crippen LogP contribution in [0.3, 0.4) is 0 Å². The van der Waals surface area contributed by atoms with Crippen LogP contribution in [0.2, 0.25) is 0 Å². The van der Waals surface area contributed by atoms with E-state index in [4.69, 9.17) is 10.5 Å². The number of hydrogen-bond acceptors (Lipinski definition) is 5. The van der Waals surface area contributed by atoms with Crippen LogP contribution >= 0.6 is 0 Å². The van der Waals surface area contributed by atoms with Crippen LogP contribution in [0, 0.1) is 0 Å². The first-order valence-corrected chi connectivity index (χ1v) is 8.97. The normalized spacial score (nSPS) is 12.7. The second kappa shape index (κ2) is 8.85. The molecule has 4 N–H and O–H groups in total. The fraction of sp³-hybridized carbons (Fsp3) is 0.533. The maximum Gasteiger partial charge on any atom is 0.240 e. The molecule has 1 atom stereocenters. The predicted octanol–water partition coefficient (Wildman–Crippen LogP) is 0.737. The quantitative estimate of drug-likeness (QED) is 0.612. The molecule has 0 bridgehead atoms. The summed E-state index contributed by atoms with van der Waals surface area (Å²) in [6.45, 7) is 4.04. The maximum absolute atomic E-state index is 12.3. The highest BCUT2D eigenvalue weighted by atomic mass is 32.2. The van der Waals surface area contributed by atoms with Gasteiger partial charge in [-0.15, -0.1) is 0 Å². The van der Waals surface area contributed by atoms with Crippen molar-refractivity contribution in [1.29, 1.82) is 0 Å². The van der Waals surface area contributed by atoms with Gasteiger partial charge >= 0.3 is 0 Å². The first kappa shape index (κ1) is 19.4. The number of nitrogens with two attached hydrogens (primary N) is 1. The van der Waals surface area contributed by atoms with Gasteiger partial charge in [-0.25, -0.2) is 13.1 Å². The Kier molecular flexibility index (Phi) is 7.47. The number of carbonyl (C=O) groups excluding carboxylic acids is 1. The topological polar surface area (TPSA) is 111 Å². The van der Waals surface area contributed by atoms with Crippen molar-refractivity contribution in [2.75, 3.05) is 13.7 Å². The van der Waals surface area contributed by atoms with Gasteiger partial charge in [-0.05, 0) is 31.5 Å². The molecule has 0 aromatic heterocycles. The smallest absolute Gasteiger partial charge is 0.240 e. The lowest BCUT2D eigenvalue weighted by molar-refractivity contribution is -0.120. The Hall–Kier alpha value is -1.64. The van der Waals surface area contributed by atoms with Crippen molar-refractivity contribution in [3.8, 4) is 5.75 Å². The van der Waals surface area contributed by atoms with Gasteiger partial charge in [-0.3, -0.25) is 4.79 Å². The summed E-state index contributed by atoms with van der Waals surface area (Å²) in [5.74, 6) is 0.409. The van der Waals surface area contributed by atoms with Crippen molar-refractivity contribution in [1.82, 2.24) is 10.0 Å². The van der Waals surface area contributed by atoms with Crippen LogP contribution in [0.1, 0.15) is 32.3 Å². The van der Waals surface area contributed by atoms with Crippen molar-refractivity contribution < 1.29 is 17.9 Å². The van der Waals surface area contributed by atoms with Crippen LogP contribution in [-0.2, 0) is 21.4 Å². The van der Waals surface area contributed by atoms with E-state index in [-0.39, 0.29) is 29.9 Å². The number of nitrogens with one attached hydrogen (secondary N) is 2. The minimum atomic E-state index is -3.62. The van der Waals surface area contributed by atoms with Crippen LogP contribution < -0.4 is 20.5 Å². The molecule has 0 radical (unpaired) electrons. The van der Waals surface area contributed by atoms with Crippen LogP contribution in [-0.4, -0.2) is 34.0 Å². The molecule has 0 fully saturated rings. The Labute approximate surface area is 137 Å². The Morgan fingerprint density at radius 3 is 2.65 bits per heavy atom. The van der Waals surface area contributed by atoms with Crippen LogP contribution in [0.4, 0.5) is 0 Å². The van der Waals surface area contributed by atoms with Crippen molar-refractivity contribution in [2.45, 2.75) is 44.2 Å². The molecule has 0 spiro atoms. The van der Waals surface area contributed by atoms with Crippen LogP contribution in [0.15, 0.2) is 23.1 Å².